The van der Waals surface area contributed by atoms with Crippen LogP contribution in [-0.2, 0) is 9.47 Å². The van der Waals surface area contributed by atoms with Crippen LogP contribution in [0.1, 0.15) is 13.3 Å². The molecule has 0 aromatic carbocycles. The largest absolute Gasteiger partial charge is 0.379 e. The van der Waals surface area contributed by atoms with Gasteiger partial charge in [0.2, 0.25) is 0 Å². The van der Waals surface area contributed by atoms with Crippen molar-refractivity contribution in [2.24, 2.45) is 0 Å². The minimum atomic E-state index is 0.642. The predicted molar refractivity (Wildman–Crippen MR) is 40.8 cm³/mol. The van der Waals surface area contributed by atoms with Crippen LogP contribution in [0.3, 0.4) is 0 Å². The molecule has 0 atom stereocenters. The third-order valence-corrected chi connectivity index (χ3v) is 0.967. The normalized spacial score (nSPS) is 9.20. The lowest BCUT2D eigenvalue weighted by Crippen LogP contribution is -2.04. The lowest BCUT2D eigenvalue weighted by atomic mass is 10.5. The van der Waals surface area contributed by atoms with Gasteiger partial charge in [0.25, 0.3) is 0 Å². The summed E-state index contributed by atoms with van der Waals surface area (Å²) in [6, 6.07) is 0. The average Bonchev–Trinajstić information content (AvgIpc) is 1.97. The topological polar surface area (TPSA) is 18.5 Å². The van der Waals surface area contributed by atoms with Crippen molar-refractivity contribution >= 4 is 0 Å². The van der Waals surface area contributed by atoms with E-state index in [2.05, 4.69) is 5.92 Å². The van der Waals surface area contributed by atoms with Crippen molar-refractivity contribution in [2.45, 2.75) is 13.3 Å². The van der Waals surface area contributed by atoms with Crippen LogP contribution >= 0.6 is 0 Å². The van der Waals surface area contributed by atoms with Crippen molar-refractivity contribution in [1.82, 2.24) is 0 Å². The Balaban J connectivity index is 2.72. The Bertz CT molecular complexity index is 93.9. The van der Waals surface area contributed by atoms with Crippen molar-refractivity contribution in [3.05, 3.63) is 0 Å². The summed E-state index contributed by atoms with van der Waals surface area (Å²) in [4.78, 5) is 0. The molecule has 0 aromatic rings. The van der Waals surface area contributed by atoms with Crippen LogP contribution in [0.2, 0.25) is 0 Å². The van der Waals surface area contributed by atoms with Gasteiger partial charge in [-0.15, -0.1) is 12.3 Å². The predicted octanol–water partition coefficient (Wildman–Crippen LogP) is 1.06. The Morgan fingerprint density at radius 2 is 1.90 bits per heavy atom. The first-order valence-electron chi connectivity index (χ1n) is 3.50. The molecule has 0 heterocycles. The lowest BCUT2D eigenvalue weighted by molar-refractivity contribution is 0.0552. The molecule has 0 spiro atoms. The fourth-order valence-corrected chi connectivity index (χ4v) is 0.495. The summed E-state index contributed by atoms with van der Waals surface area (Å²) in [7, 11) is 0. The van der Waals surface area contributed by atoms with Gasteiger partial charge in [-0.25, -0.2) is 0 Å². The maximum absolute atomic E-state index is 5.11. The van der Waals surface area contributed by atoms with Gasteiger partial charge >= 0.3 is 0 Å². The molecule has 0 radical (unpaired) electrons. The second kappa shape index (κ2) is 8.48. The summed E-state index contributed by atoms with van der Waals surface area (Å²) in [6.45, 7) is 4.67. The van der Waals surface area contributed by atoms with Crippen LogP contribution in [0.4, 0.5) is 0 Å². The van der Waals surface area contributed by atoms with E-state index in [1.54, 1.807) is 0 Å². The fraction of sp³-hybridized carbons (Fsp3) is 0.750. The fourth-order valence-electron chi connectivity index (χ4n) is 0.495. The van der Waals surface area contributed by atoms with Gasteiger partial charge in [0.05, 0.1) is 19.8 Å². The van der Waals surface area contributed by atoms with Gasteiger partial charge in [-0.1, -0.05) is 0 Å². The summed E-state index contributed by atoms with van der Waals surface area (Å²) in [6.07, 6.45) is 5.69. The average molecular weight is 142 g/mol. The molecule has 0 bridgehead atoms. The Morgan fingerprint density at radius 3 is 2.50 bits per heavy atom. The highest BCUT2D eigenvalue weighted by molar-refractivity contribution is 4.82. The third-order valence-electron chi connectivity index (χ3n) is 0.967. The molecule has 0 aliphatic carbocycles. The third kappa shape index (κ3) is 7.48. The maximum atomic E-state index is 5.11. The molecule has 0 N–H and O–H groups in total. The number of ether oxygens (including phenoxy) is 2. The molecule has 2 heteroatoms. The van der Waals surface area contributed by atoms with E-state index in [1.165, 1.54) is 0 Å². The van der Waals surface area contributed by atoms with Crippen molar-refractivity contribution < 1.29 is 9.47 Å². The first-order chi connectivity index (χ1) is 4.91. The summed E-state index contributed by atoms with van der Waals surface area (Å²) in [5.41, 5.74) is 0. The molecule has 0 unspecified atom stereocenters. The molecule has 58 valence electrons. The highest BCUT2D eigenvalue weighted by atomic mass is 16.5. The number of hydrogen-bond acceptors (Lipinski definition) is 2. The Kier molecular flexibility index (Phi) is 8.04. The van der Waals surface area contributed by atoms with Gasteiger partial charge in [-0.05, 0) is 6.92 Å². The minimum Gasteiger partial charge on any atom is -0.379 e. The summed E-state index contributed by atoms with van der Waals surface area (Å²) in [5, 5.41) is 0. The minimum absolute atomic E-state index is 0.642. The molecule has 2 nitrogen and oxygen atoms in total. The summed E-state index contributed by atoms with van der Waals surface area (Å²) < 4.78 is 10.1. The van der Waals surface area contributed by atoms with Gasteiger partial charge in [0, 0.05) is 13.0 Å². The van der Waals surface area contributed by atoms with E-state index in [1.807, 2.05) is 6.92 Å². The quantitative estimate of drug-likeness (QED) is 0.408. The zero-order valence-electron chi connectivity index (χ0n) is 6.43. The first-order valence-corrected chi connectivity index (χ1v) is 3.50. The van der Waals surface area contributed by atoms with Crippen LogP contribution in [0, 0.1) is 12.3 Å². The van der Waals surface area contributed by atoms with E-state index in [0.717, 1.165) is 6.61 Å². The molecule has 0 fully saturated rings. The zero-order valence-corrected chi connectivity index (χ0v) is 6.43. The highest BCUT2D eigenvalue weighted by Crippen LogP contribution is 1.80. The van der Waals surface area contributed by atoms with Gasteiger partial charge < -0.3 is 9.47 Å². The molecule has 0 aliphatic heterocycles. The second-order valence-corrected chi connectivity index (χ2v) is 1.76. The van der Waals surface area contributed by atoms with Gasteiger partial charge in [0.15, 0.2) is 0 Å². The SMILES string of the molecule is C#CCCOCCOCC. The Morgan fingerprint density at radius 1 is 1.20 bits per heavy atom. The smallest absolute Gasteiger partial charge is 0.0700 e. The monoisotopic (exact) mass is 142 g/mol. The summed E-state index contributed by atoms with van der Waals surface area (Å²) >= 11 is 0. The molecular formula is C8H14O2. The number of terminal acetylenes is 1. The van der Waals surface area contributed by atoms with Crippen LogP contribution in [-0.4, -0.2) is 26.4 Å². The van der Waals surface area contributed by atoms with Crippen molar-refractivity contribution in [3.63, 3.8) is 0 Å². The molecule has 0 amide bonds. The van der Waals surface area contributed by atoms with Crippen LogP contribution in [0.25, 0.3) is 0 Å². The maximum Gasteiger partial charge on any atom is 0.0700 e. The zero-order chi connectivity index (χ0) is 7.66. The van der Waals surface area contributed by atoms with E-state index in [-0.39, 0.29) is 0 Å². The lowest BCUT2D eigenvalue weighted by Gasteiger charge is -2.00. The van der Waals surface area contributed by atoms with E-state index in [9.17, 15) is 0 Å². The molecule has 10 heavy (non-hydrogen) atoms. The highest BCUT2D eigenvalue weighted by Gasteiger charge is 1.85. The van der Waals surface area contributed by atoms with Gasteiger partial charge in [-0.2, -0.15) is 0 Å². The van der Waals surface area contributed by atoms with Gasteiger partial charge in [-0.3, -0.25) is 0 Å². The molecule has 0 saturated carbocycles. The number of hydrogen-bond donors (Lipinski definition) is 0. The van der Waals surface area contributed by atoms with E-state index in [4.69, 9.17) is 15.9 Å². The van der Waals surface area contributed by atoms with E-state index < -0.39 is 0 Å². The number of rotatable bonds is 6. The molecular weight excluding hydrogens is 128 g/mol. The van der Waals surface area contributed by atoms with Crippen LogP contribution < -0.4 is 0 Å². The van der Waals surface area contributed by atoms with Crippen molar-refractivity contribution in [3.8, 4) is 12.3 Å². The molecule has 0 rings (SSSR count). The Labute approximate surface area is 62.5 Å². The second-order valence-electron chi connectivity index (χ2n) is 1.76. The van der Waals surface area contributed by atoms with E-state index >= 15 is 0 Å². The molecule has 0 saturated heterocycles. The van der Waals surface area contributed by atoms with Crippen LogP contribution in [0.5, 0.6) is 0 Å². The van der Waals surface area contributed by atoms with Gasteiger partial charge in [0.1, 0.15) is 0 Å². The summed E-state index contributed by atoms with van der Waals surface area (Å²) in [5.74, 6) is 2.49. The first kappa shape index (κ1) is 9.48. The van der Waals surface area contributed by atoms with E-state index in [0.29, 0.717) is 26.2 Å². The van der Waals surface area contributed by atoms with Crippen LogP contribution in [0.15, 0.2) is 0 Å². The Hall–Kier alpha value is -0.520. The standard InChI is InChI=1S/C8H14O2/c1-3-5-6-10-8-7-9-4-2/h1H,4-8H2,2H3. The van der Waals surface area contributed by atoms with Crippen molar-refractivity contribution in [2.75, 3.05) is 26.4 Å². The molecule has 0 aromatic heterocycles. The molecule has 0 aliphatic rings. The van der Waals surface area contributed by atoms with Crippen molar-refractivity contribution in [1.29, 1.82) is 0 Å².